The zero-order chi connectivity index (χ0) is 19.5. The van der Waals surface area contributed by atoms with E-state index in [4.69, 9.17) is 9.47 Å². The first kappa shape index (κ1) is 19.6. The van der Waals surface area contributed by atoms with E-state index in [0.29, 0.717) is 0 Å². The Hall–Kier alpha value is -2.75. The van der Waals surface area contributed by atoms with Gasteiger partial charge in [0.25, 0.3) is 0 Å². The Kier molecular flexibility index (Phi) is 5.76. The van der Waals surface area contributed by atoms with Gasteiger partial charge in [-0.2, -0.15) is 13.2 Å². The van der Waals surface area contributed by atoms with Gasteiger partial charge >= 0.3 is 18.1 Å². The van der Waals surface area contributed by atoms with E-state index in [2.05, 4.69) is 9.47 Å². The zero-order valence-electron chi connectivity index (χ0n) is 14.2. The van der Waals surface area contributed by atoms with Crippen LogP contribution in [-0.2, 0) is 30.0 Å². The fourth-order valence-electron chi connectivity index (χ4n) is 2.44. The fourth-order valence-corrected chi connectivity index (χ4v) is 2.44. The van der Waals surface area contributed by atoms with Gasteiger partial charge in [0.1, 0.15) is 18.2 Å². The van der Waals surface area contributed by atoms with Crippen LogP contribution in [0.4, 0.5) is 18.9 Å². The van der Waals surface area contributed by atoms with Crippen molar-refractivity contribution in [2.45, 2.75) is 6.18 Å². The second-order valence-corrected chi connectivity index (χ2v) is 5.10. The Morgan fingerprint density at radius 2 is 1.77 bits per heavy atom. The van der Waals surface area contributed by atoms with Crippen LogP contribution in [0, 0.1) is 0 Å². The number of ether oxygens (including phenoxy) is 4. The number of carbonyl (C=O) groups is 2. The summed E-state index contributed by atoms with van der Waals surface area (Å²) in [4.78, 5) is 25.0. The van der Waals surface area contributed by atoms with Crippen LogP contribution < -0.4 is 9.64 Å². The molecule has 0 aromatic heterocycles. The minimum atomic E-state index is -4.74. The van der Waals surface area contributed by atoms with Crippen LogP contribution in [-0.4, -0.2) is 46.6 Å². The second-order valence-electron chi connectivity index (χ2n) is 5.10. The highest BCUT2D eigenvalue weighted by Gasteiger charge is 2.39. The van der Waals surface area contributed by atoms with Crippen LogP contribution >= 0.6 is 0 Å². The molecule has 0 saturated carbocycles. The van der Waals surface area contributed by atoms with Gasteiger partial charge in [-0.3, -0.25) is 0 Å². The van der Waals surface area contributed by atoms with Crippen molar-refractivity contribution in [1.82, 2.24) is 0 Å². The lowest BCUT2D eigenvalue weighted by atomic mass is 10.1. The standard InChI is InChI=1S/C16H16F3NO6/c1-23-9-4-5-12(11(6-9)16(17,18)19)20-8-26-7-10(14(21)24-2)13(20)15(22)25-3/h4-6H,7-8H2,1-3H3. The predicted molar refractivity (Wildman–Crippen MR) is 82.4 cm³/mol. The summed E-state index contributed by atoms with van der Waals surface area (Å²) in [5, 5.41) is 0. The maximum absolute atomic E-state index is 13.5. The molecule has 1 aliphatic rings. The summed E-state index contributed by atoms with van der Waals surface area (Å²) in [6.45, 7) is -0.689. The van der Waals surface area contributed by atoms with Crippen molar-refractivity contribution in [2.24, 2.45) is 0 Å². The van der Waals surface area contributed by atoms with Crippen molar-refractivity contribution in [3.63, 3.8) is 0 Å². The van der Waals surface area contributed by atoms with Crippen LogP contribution in [0.3, 0.4) is 0 Å². The number of anilines is 1. The highest BCUT2D eigenvalue weighted by molar-refractivity contribution is 6.03. The first-order valence-electron chi connectivity index (χ1n) is 7.24. The minimum absolute atomic E-state index is 0.0178. The number of halogens is 3. The van der Waals surface area contributed by atoms with Gasteiger partial charge in [0, 0.05) is 0 Å². The van der Waals surface area contributed by atoms with E-state index in [1.54, 1.807) is 0 Å². The summed E-state index contributed by atoms with van der Waals surface area (Å²) in [5.41, 5.74) is -2.07. The monoisotopic (exact) mass is 375 g/mol. The molecule has 0 unspecified atom stereocenters. The maximum atomic E-state index is 13.5. The van der Waals surface area contributed by atoms with Crippen molar-refractivity contribution in [2.75, 3.05) is 39.6 Å². The molecule has 2 rings (SSSR count). The van der Waals surface area contributed by atoms with Crippen LogP contribution in [0.15, 0.2) is 29.5 Å². The molecule has 0 saturated heterocycles. The first-order chi connectivity index (χ1) is 12.2. The first-order valence-corrected chi connectivity index (χ1v) is 7.24. The minimum Gasteiger partial charge on any atom is -0.497 e. The van der Waals surface area contributed by atoms with E-state index in [9.17, 15) is 22.8 Å². The van der Waals surface area contributed by atoms with E-state index < -0.39 is 23.7 Å². The zero-order valence-corrected chi connectivity index (χ0v) is 14.2. The summed E-state index contributed by atoms with van der Waals surface area (Å²) < 4.78 is 59.7. The Bertz CT molecular complexity index is 744. The molecule has 26 heavy (non-hydrogen) atoms. The molecule has 1 aliphatic heterocycles. The van der Waals surface area contributed by atoms with Crippen LogP contribution in [0.25, 0.3) is 0 Å². The highest BCUT2D eigenvalue weighted by atomic mass is 19.4. The third kappa shape index (κ3) is 3.74. The van der Waals surface area contributed by atoms with Gasteiger partial charge in [0.15, 0.2) is 0 Å². The molecule has 0 spiro atoms. The van der Waals surface area contributed by atoms with Crippen molar-refractivity contribution in [1.29, 1.82) is 0 Å². The molecule has 7 nitrogen and oxygen atoms in total. The third-order valence-electron chi connectivity index (χ3n) is 3.63. The number of nitrogens with zero attached hydrogens (tertiary/aromatic N) is 1. The Balaban J connectivity index is 2.69. The summed E-state index contributed by atoms with van der Waals surface area (Å²) in [5.74, 6) is -1.91. The molecule has 0 fully saturated rings. The molecule has 0 N–H and O–H groups in total. The van der Waals surface area contributed by atoms with E-state index >= 15 is 0 Å². The fraction of sp³-hybridized carbons (Fsp3) is 0.375. The van der Waals surface area contributed by atoms with E-state index in [-0.39, 0.29) is 36.0 Å². The molecular weight excluding hydrogens is 359 g/mol. The molecule has 1 aromatic rings. The van der Waals surface area contributed by atoms with Crippen molar-refractivity contribution in [3.8, 4) is 5.75 Å². The number of alkyl halides is 3. The number of hydrogen-bond donors (Lipinski definition) is 0. The molecule has 142 valence electrons. The number of hydrogen-bond acceptors (Lipinski definition) is 7. The molecule has 1 aromatic carbocycles. The molecule has 0 bridgehead atoms. The third-order valence-corrected chi connectivity index (χ3v) is 3.63. The van der Waals surface area contributed by atoms with E-state index in [1.807, 2.05) is 0 Å². The Morgan fingerprint density at radius 1 is 1.12 bits per heavy atom. The van der Waals surface area contributed by atoms with Gasteiger partial charge in [-0.15, -0.1) is 0 Å². The van der Waals surface area contributed by atoms with Crippen LogP contribution in [0.2, 0.25) is 0 Å². The number of carbonyl (C=O) groups excluding carboxylic acids is 2. The van der Waals surface area contributed by atoms with Crippen LogP contribution in [0.1, 0.15) is 5.56 Å². The average Bonchev–Trinajstić information content (AvgIpc) is 2.64. The lowest BCUT2D eigenvalue weighted by Gasteiger charge is -2.33. The molecule has 0 aliphatic carbocycles. The molecule has 0 radical (unpaired) electrons. The van der Waals surface area contributed by atoms with Crippen molar-refractivity contribution >= 4 is 17.6 Å². The van der Waals surface area contributed by atoms with Gasteiger partial charge < -0.3 is 23.8 Å². The molecular formula is C16H16F3NO6. The summed E-state index contributed by atoms with van der Waals surface area (Å²) >= 11 is 0. The van der Waals surface area contributed by atoms with E-state index in [1.165, 1.54) is 13.2 Å². The predicted octanol–water partition coefficient (Wildman–Crippen LogP) is 2.11. The van der Waals surface area contributed by atoms with Gasteiger partial charge in [-0.25, -0.2) is 9.59 Å². The van der Waals surface area contributed by atoms with Gasteiger partial charge in [0.05, 0.1) is 44.8 Å². The number of esters is 2. The summed E-state index contributed by atoms with van der Waals surface area (Å²) in [7, 11) is 3.36. The lowest BCUT2D eigenvalue weighted by Crippen LogP contribution is -2.39. The highest BCUT2D eigenvalue weighted by Crippen LogP contribution is 2.41. The number of rotatable bonds is 4. The van der Waals surface area contributed by atoms with E-state index in [0.717, 1.165) is 31.3 Å². The Morgan fingerprint density at radius 3 is 2.31 bits per heavy atom. The summed E-state index contributed by atoms with van der Waals surface area (Å²) in [6, 6.07) is 3.21. The molecule has 0 atom stereocenters. The SMILES string of the molecule is COC(=O)C1=C(C(=O)OC)N(c2ccc(OC)cc2C(F)(F)F)COC1. The molecule has 1 heterocycles. The lowest BCUT2D eigenvalue weighted by molar-refractivity contribution is -0.141. The van der Waals surface area contributed by atoms with Crippen molar-refractivity contribution < 1.29 is 41.7 Å². The van der Waals surface area contributed by atoms with Crippen LogP contribution in [0.5, 0.6) is 5.75 Å². The van der Waals surface area contributed by atoms with Gasteiger partial charge in [-0.05, 0) is 18.2 Å². The maximum Gasteiger partial charge on any atom is 0.418 e. The normalized spacial score (nSPS) is 14.9. The topological polar surface area (TPSA) is 74.3 Å². The number of benzene rings is 1. The molecule has 0 amide bonds. The summed E-state index contributed by atoms with van der Waals surface area (Å²) in [6.07, 6.45) is -4.74. The second kappa shape index (κ2) is 7.65. The smallest absolute Gasteiger partial charge is 0.418 e. The number of methoxy groups -OCH3 is 3. The van der Waals surface area contributed by atoms with Crippen molar-refractivity contribution in [3.05, 3.63) is 35.0 Å². The Labute approximate surface area is 146 Å². The molecule has 10 heteroatoms. The van der Waals surface area contributed by atoms with Gasteiger partial charge in [0.2, 0.25) is 0 Å². The quantitative estimate of drug-likeness (QED) is 0.746. The largest absolute Gasteiger partial charge is 0.497 e. The average molecular weight is 375 g/mol. The van der Waals surface area contributed by atoms with Gasteiger partial charge in [-0.1, -0.05) is 0 Å².